The summed E-state index contributed by atoms with van der Waals surface area (Å²) in [5.74, 6) is -0.429. The number of benzene rings is 2. The Balaban J connectivity index is 1.77. The predicted molar refractivity (Wildman–Crippen MR) is 96.3 cm³/mol. The van der Waals surface area contributed by atoms with Crippen molar-refractivity contribution in [2.75, 3.05) is 36.0 Å². The molecule has 0 amide bonds. The van der Waals surface area contributed by atoms with Crippen molar-refractivity contribution < 1.29 is 9.31 Å². The molecule has 0 unspecified atom stereocenters. The minimum Gasteiger partial charge on any atom is -0.366 e. The third kappa shape index (κ3) is 3.56. The van der Waals surface area contributed by atoms with Crippen LogP contribution < -0.4 is 9.80 Å². The number of halogens is 2. The molecule has 128 valence electrons. The molecule has 3 rings (SSSR count). The highest BCUT2D eigenvalue weighted by Gasteiger charge is 2.25. The van der Waals surface area contributed by atoms with Gasteiger partial charge >= 0.3 is 0 Å². The molecule has 2 aromatic carbocycles. The van der Waals surface area contributed by atoms with Crippen molar-refractivity contribution in [2.45, 2.75) is 0 Å². The molecule has 1 fully saturated rings. The summed E-state index contributed by atoms with van der Waals surface area (Å²) in [7, 11) is 0. The summed E-state index contributed by atoms with van der Waals surface area (Å²) >= 11 is 3.25. The van der Waals surface area contributed by atoms with Crippen LogP contribution in [0.5, 0.6) is 0 Å². The largest absolute Gasteiger partial charge is 0.366 e. The van der Waals surface area contributed by atoms with Gasteiger partial charge in [0, 0.05) is 36.7 Å². The number of nitriles is 1. The number of anilines is 2. The molecule has 0 saturated carbocycles. The Bertz CT molecular complexity index is 860. The lowest BCUT2D eigenvalue weighted by Gasteiger charge is -2.37. The quantitative estimate of drug-likeness (QED) is 0.575. The maximum Gasteiger partial charge on any atom is 0.293 e. The van der Waals surface area contributed by atoms with Crippen LogP contribution in [0.15, 0.2) is 40.9 Å². The fourth-order valence-corrected chi connectivity index (χ4v) is 3.28. The SMILES string of the molecule is N#Cc1ccc(N2CCN(c3ccc(Br)cc3[N+](=O)[O-])CC2)c(F)c1. The molecule has 0 spiro atoms. The van der Waals surface area contributed by atoms with Gasteiger partial charge < -0.3 is 9.80 Å². The highest BCUT2D eigenvalue weighted by atomic mass is 79.9. The fourth-order valence-electron chi connectivity index (χ4n) is 2.93. The van der Waals surface area contributed by atoms with Crippen molar-refractivity contribution in [1.29, 1.82) is 5.26 Å². The highest BCUT2D eigenvalue weighted by Crippen LogP contribution is 2.32. The van der Waals surface area contributed by atoms with Crippen LogP contribution in [0.25, 0.3) is 0 Å². The Hall–Kier alpha value is -2.66. The van der Waals surface area contributed by atoms with Crippen LogP contribution in [-0.2, 0) is 0 Å². The zero-order chi connectivity index (χ0) is 18.0. The molecule has 0 aromatic heterocycles. The van der Waals surface area contributed by atoms with Crippen LogP contribution in [0.1, 0.15) is 5.56 Å². The molecule has 0 bridgehead atoms. The van der Waals surface area contributed by atoms with Crippen LogP contribution >= 0.6 is 15.9 Å². The number of rotatable bonds is 3. The minimum absolute atomic E-state index is 0.0485. The monoisotopic (exact) mass is 404 g/mol. The Morgan fingerprint density at radius 3 is 2.24 bits per heavy atom. The first-order chi connectivity index (χ1) is 12.0. The zero-order valence-electron chi connectivity index (χ0n) is 13.2. The minimum atomic E-state index is -0.429. The molecular weight excluding hydrogens is 391 g/mol. The molecule has 0 aliphatic carbocycles. The number of hydrogen-bond donors (Lipinski definition) is 0. The molecule has 8 heteroatoms. The third-order valence-corrected chi connectivity index (χ3v) is 4.67. The second-order valence-corrected chi connectivity index (χ2v) is 6.56. The molecular formula is C17H14BrFN4O2. The molecule has 0 atom stereocenters. The molecule has 0 N–H and O–H groups in total. The van der Waals surface area contributed by atoms with Crippen molar-refractivity contribution in [2.24, 2.45) is 0 Å². The van der Waals surface area contributed by atoms with Gasteiger partial charge in [0.2, 0.25) is 0 Å². The lowest BCUT2D eigenvalue weighted by molar-refractivity contribution is -0.384. The topological polar surface area (TPSA) is 73.4 Å². The third-order valence-electron chi connectivity index (χ3n) is 4.17. The summed E-state index contributed by atoms with van der Waals surface area (Å²) in [6.07, 6.45) is 0. The van der Waals surface area contributed by atoms with Crippen LogP contribution in [0.2, 0.25) is 0 Å². The van der Waals surface area contributed by atoms with E-state index in [1.165, 1.54) is 12.1 Å². The van der Waals surface area contributed by atoms with E-state index in [-0.39, 0.29) is 11.3 Å². The number of nitrogens with zero attached hydrogens (tertiary/aromatic N) is 4. The standard InChI is InChI=1S/C17H14BrFN4O2/c18-13-2-4-16(17(10-13)23(24)25)22-7-5-21(6-8-22)15-3-1-12(11-20)9-14(15)19/h1-4,9-10H,5-8H2. The van der Waals surface area contributed by atoms with E-state index in [0.717, 1.165) is 0 Å². The molecule has 25 heavy (non-hydrogen) atoms. The average molecular weight is 405 g/mol. The lowest BCUT2D eigenvalue weighted by atomic mass is 10.1. The van der Waals surface area contributed by atoms with E-state index < -0.39 is 10.7 Å². The van der Waals surface area contributed by atoms with E-state index in [2.05, 4.69) is 15.9 Å². The first-order valence-electron chi connectivity index (χ1n) is 7.63. The molecule has 1 aliphatic heterocycles. The van der Waals surface area contributed by atoms with Gasteiger partial charge in [-0.05, 0) is 30.3 Å². The van der Waals surface area contributed by atoms with Gasteiger partial charge in [-0.2, -0.15) is 5.26 Å². The maximum absolute atomic E-state index is 14.2. The van der Waals surface area contributed by atoms with Gasteiger partial charge in [0.15, 0.2) is 0 Å². The smallest absolute Gasteiger partial charge is 0.293 e. The fraction of sp³-hybridized carbons (Fsp3) is 0.235. The average Bonchev–Trinajstić information content (AvgIpc) is 2.61. The van der Waals surface area contributed by atoms with E-state index in [9.17, 15) is 14.5 Å². The Morgan fingerprint density at radius 1 is 1.08 bits per heavy atom. The zero-order valence-corrected chi connectivity index (χ0v) is 14.7. The number of piperazine rings is 1. The van der Waals surface area contributed by atoms with Gasteiger partial charge in [0.05, 0.1) is 22.2 Å². The Morgan fingerprint density at radius 2 is 1.68 bits per heavy atom. The molecule has 2 aromatic rings. The molecule has 1 heterocycles. The predicted octanol–water partition coefficient (Wildman–Crippen LogP) is 3.69. The van der Waals surface area contributed by atoms with Crippen LogP contribution in [0.3, 0.4) is 0 Å². The van der Waals surface area contributed by atoms with Crippen molar-refractivity contribution in [1.82, 2.24) is 0 Å². The normalized spacial score (nSPS) is 14.3. The summed E-state index contributed by atoms with van der Waals surface area (Å²) < 4.78 is 14.8. The molecule has 1 aliphatic rings. The Labute approximate surface area is 152 Å². The van der Waals surface area contributed by atoms with Gasteiger partial charge in [-0.15, -0.1) is 0 Å². The summed E-state index contributed by atoms with van der Waals surface area (Å²) in [4.78, 5) is 14.7. The van der Waals surface area contributed by atoms with Gasteiger partial charge in [-0.1, -0.05) is 15.9 Å². The first-order valence-corrected chi connectivity index (χ1v) is 8.42. The lowest BCUT2D eigenvalue weighted by Crippen LogP contribution is -2.47. The molecule has 0 radical (unpaired) electrons. The van der Waals surface area contributed by atoms with E-state index in [4.69, 9.17) is 5.26 Å². The van der Waals surface area contributed by atoms with Gasteiger partial charge in [-0.25, -0.2) is 4.39 Å². The summed E-state index contributed by atoms with van der Waals surface area (Å²) in [5, 5.41) is 20.1. The Kier molecular flexibility index (Phi) is 4.86. The first kappa shape index (κ1) is 17.2. The maximum atomic E-state index is 14.2. The number of nitro benzene ring substituents is 1. The second kappa shape index (κ2) is 7.07. The summed E-state index contributed by atoms with van der Waals surface area (Å²) in [6, 6.07) is 11.3. The van der Waals surface area contributed by atoms with Crippen molar-refractivity contribution in [3.63, 3.8) is 0 Å². The molecule has 1 saturated heterocycles. The summed E-state index contributed by atoms with van der Waals surface area (Å²) in [6.45, 7) is 2.16. The van der Waals surface area contributed by atoms with Crippen LogP contribution in [0, 0.1) is 27.3 Å². The van der Waals surface area contributed by atoms with Gasteiger partial charge in [0.1, 0.15) is 11.5 Å². The number of hydrogen-bond acceptors (Lipinski definition) is 5. The highest BCUT2D eigenvalue weighted by molar-refractivity contribution is 9.10. The van der Waals surface area contributed by atoms with E-state index in [1.807, 2.05) is 15.9 Å². The van der Waals surface area contributed by atoms with Crippen LogP contribution in [-0.4, -0.2) is 31.1 Å². The van der Waals surface area contributed by atoms with E-state index >= 15 is 0 Å². The summed E-state index contributed by atoms with van der Waals surface area (Å²) in [5.41, 5.74) is 1.34. The van der Waals surface area contributed by atoms with Crippen molar-refractivity contribution in [3.8, 4) is 6.07 Å². The van der Waals surface area contributed by atoms with Gasteiger partial charge in [-0.3, -0.25) is 10.1 Å². The number of nitro groups is 1. The van der Waals surface area contributed by atoms with Crippen LogP contribution in [0.4, 0.5) is 21.5 Å². The van der Waals surface area contributed by atoms with Crippen molar-refractivity contribution in [3.05, 3.63) is 62.4 Å². The second-order valence-electron chi connectivity index (χ2n) is 5.64. The van der Waals surface area contributed by atoms with E-state index in [1.54, 1.807) is 24.3 Å². The van der Waals surface area contributed by atoms with E-state index in [0.29, 0.717) is 42.0 Å². The molecule has 6 nitrogen and oxygen atoms in total. The van der Waals surface area contributed by atoms with Crippen molar-refractivity contribution >= 4 is 33.0 Å². The van der Waals surface area contributed by atoms with Gasteiger partial charge in [0.25, 0.3) is 5.69 Å².